The number of aliphatic hydroxyl groups excluding tert-OH is 1. The van der Waals surface area contributed by atoms with Gasteiger partial charge in [-0.2, -0.15) is 0 Å². The lowest BCUT2D eigenvalue weighted by molar-refractivity contribution is -0.118. The molecular weight excluding hydrogens is 276 g/mol. The van der Waals surface area contributed by atoms with Crippen molar-refractivity contribution in [1.29, 1.82) is 0 Å². The van der Waals surface area contributed by atoms with Crippen LogP contribution in [0.25, 0.3) is 0 Å². The Hall–Kier alpha value is -2.13. The maximum atomic E-state index is 11.1. The van der Waals surface area contributed by atoms with E-state index in [0.29, 0.717) is 17.9 Å². The summed E-state index contributed by atoms with van der Waals surface area (Å²) in [5.41, 5.74) is 4.28. The SMILES string of the molecule is CC(=O)CC(O)c1cccc(OCc2c(C)cccc2C)c1. The van der Waals surface area contributed by atoms with Crippen LogP contribution in [0.3, 0.4) is 0 Å². The van der Waals surface area contributed by atoms with Crippen LogP contribution in [0.4, 0.5) is 0 Å². The molecule has 2 rings (SSSR count). The molecular formula is C19H22O3. The van der Waals surface area contributed by atoms with E-state index in [1.54, 1.807) is 12.1 Å². The van der Waals surface area contributed by atoms with Crippen LogP contribution in [0.5, 0.6) is 5.75 Å². The molecule has 1 N–H and O–H groups in total. The van der Waals surface area contributed by atoms with Crippen molar-refractivity contribution in [2.75, 3.05) is 0 Å². The standard InChI is InChI=1S/C19H22O3/c1-13-6-4-7-14(2)18(13)12-22-17-9-5-8-16(11-17)19(21)10-15(3)20/h4-9,11,19,21H,10,12H2,1-3H3. The molecule has 0 bridgehead atoms. The van der Waals surface area contributed by atoms with Crippen molar-refractivity contribution in [1.82, 2.24) is 0 Å². The summed E-state index contributed by atoms with van der Waals surface area (Å²) in [6.45, 7) is 6.10. The Bertz CT molecular complexity index is 641. The minimum absolute atomic E-state index is 0.0330. The second kappa shape index (κ2) is 7.23. The third-order valence-electron chi connectivity index (χ3n) is 3.75. The molecule has 116 valence electrons. The molecule has 0 aliphatic carbocycles. The number of ether oxygens (including phenoxy) is 1. The van der Waals surface area contributed by atoms with Crippen molar-refractivity contribution in [2.24, 2.45) is 0 Å². The molecule has 0 heterocycles. The van der Waals surface area contributed by atoms with Gasteiger partial charge in [-0.3, -0.25) is 4.79 Å². The first kappa shape index (κ1) is 16.2. The lowest BCUT2D eigenvalue weighted by Crippen LogP contribution is -2.04. The van der Waals surface area contributed by atoms with Crippen molar-refractivity contribution in [3.05, 3.63) is 64.7 Å². The van der Waals surface area contributed by atoms with Crippen molar-refractivity contribution in [2.45, 2.75) is 39.9 Å². The van der Waals surface area contributed by atoms with Crippen LogP contribution in [0.2, 0.25) is 0 Å². The average molecular weight is 298 g/mol. The topological polar surface area (TPSA) is 46.5 Å². The van der Waals surface area contributed by atoms with E-state index in [0.717, 1.165) is 0 Å². The molecule has 0 fully saturated rings. The lowest BCUT2D eigenvalue weighted by Gasteiger charge is -2.14. The summed E-state index contributed by atoms with van der Waals surface area (Å²) in [7, 11) is 0. The zero-order chi connectivity index (χ0) is 16.1. The predicted octanol–water partition coefficient (Wildman–Crippen LogP) is 3.89. The Morgan fingerprint density at radius 1 is 1.14 bits per heavy atom. The third kappa shape index (κ3) is 4.18. The molecule has 3 heteroatoms. The second-order valence-corrected chi connectivity index (χ2v) is 5.65. The van der Waals surface area contributed by atoms with Gasteiger partial charge in [-0.15, -0.1) is 0 Å². The number of ketones is 1. The molecule has 2 aromatic rings. The van der Waals surface area contributed by atoms with Crippen LogP contribution >= 0.6 is 0 Å². The molecule has 0 saturated carbocycles. The highest BCUT2D eigenvalue weighted by atomic mass is 16.5. The smallest absolute Gasteiger partial charge is 0.132 e. The first-order chi connectivity index (χ1) is 10.5. The molecule has 0 spiro atoms. The van der Waals surface area contributed by atoms with Crippen molar-refractivity contribution in [3.63, 3.8) is 0 Å². The lowest BCUT2D eigenvalue weighted by atomic mass is 10.0. The van der Waals surface area contributed by atoms with Crippen LogP contribution in [0, 0.1) is 13.8 Å². The molecule has 2 aromatic carbocycles. The van der Waals surface area contributed by atoms with Crippen LogP contribution < -0.4 is 4.74 Å². The van der Waals surface area contributed by atoms with E-state index in [1.807, 2.05) is 18.2 Å². The van der Waals surface area contributed by atoms with Crippen LogP contribution in [-0.4, -0.2) is 10.9 Å². The molecule has 0 radical (unpaired) electrons. The van der Waals surface area contributed by atoms with Crippen LogP contribution in [0.1, 0.15) is 41.7 Å². The van der Waals surface area contributed by atoms with Gasteiger partial charge >= 0.3 is 0 Å². The number of hydrogen-bond acceptors (Lipinski definition) is 3. The fourth-order valence-electron chi connectivity index (χ4n) is 2.43. The van der Waals surface area contributed by atoms with Gasteiger partial charge in [-0.25, -0.2) is 0 Å². The molecule has 0 saturated heterocycles. The monoisotopic (exact) mass is 298 g/mol. The highest BCUT2D eigenvalue weighted by Gasteiger charge is 2.11. The van der Waals surface area contributed by atoms with Gasteiger partial charge in [0.05, 0.1) is 6.10 Å². The van der Waals surface area contributed by atoms with Gasteiger partial charge in [-0.1, -0.05) is 30.3 Å². The number of carbonyl (C=O) groups is 1. The van der Waals surface area contributed by atoms with Crippen LogP contribution in [-0.2, 0) is 11.4 Å². The van der Waals surface area contributed by atoms with Gasteiger partial charge in [0.1, 0.15) is 18.1 Å². The summed E-state index contributed by atoms with van der Waals surface area (Å²) in [6.07, 6.45) is -0.651. The molecule has 1 atom stereocenters. The predicted molar refractivity (Wildman–Crippen MR) is 86.9 cm³/mol. The Morgan fingerprint density at radius 2 is 1.77 bits per heavy atom. The quantitative estimate of drug-likeness (QED) is 0.880. The fraction of sp³-hybridized carbons (Fsp3) is 0.316. The molecule has 22 heavy (non-hydrogen) atoms. The summed E-state index contributed by atoms with van der Waals surface area (Å²) in [4.78, 5) is 11.1. The highest BCUT2D eigenvalue weighted by Crippen LogP contribution is 2.23. The Labute approximate surface area is 131 Å². The van der Waals surface area contributed by atoms with Gasteiger partial charge < -0.3 is 9.84 Å². The number of aliphatic hydroxyl groups is 1. The van der Waals surface area contributed by atoms with Gasteiger partial charge in [0.2, 0.25) is 0 Å². The van der Waals surface area contributed by atoms with Gasteiger partial charge in [-0.05, 0) is 55.2 Å². The number of benzene rings is 2. The van der Waals surface area contributed by atoms with Crippen LogP contribution in [0.15, 0.2) is 42.5 Å². The van der Waals surface area contributed by atoms with E-state index >= 15 is 0 Å². The zero-order valence-electron chi connectivity index (χ0n) is 13.3. The summed E-state index contributed by atoms with van der Waals surface area (Å²) >= 11 is 0. The minimum Gasteiger partial charge on any atom is -0.489 e. The molecule has 1 unspecified atom stereocenters. The first-order valence-corrected chi connectivity index (χ1v) is 7.42. The van der Waals surface area contributed by atoms with Gasteiger partial charge in [0.25, 0.3) is 0 Å². The Balaban J connectivity index is 2.09. The normalized spacial score (nSPS) is 12.0. The van der Waals surface area contributed by atoms with Gasteiger partial charge in [0, 0.05) is 6.42 Å². The van der Waals surface area contributed by atoms with E-state index in [-0.39, 0.29) is 12.2 Å². The van der Waals surface area contributed by atoms with Gasteiger partial charge in [0.15, 0.2) is 0 Å². The van der Waals surface area contributed by atoms with E-state index in [2.05, 4.69) is 26.0 Å². The third-order valence-corrected chi connectivity index (χ3v) is 3.75. The summed E-state index contributed by atoms with van der Waals surface area (Å²) in [6, 6.07) is 13.5. The fourth-order valence-corrected chi connectivity index (χ4v) is 2.43. The number of carbonyl (C=O) groups excluding carboxylic acids is 1. The first-order valence-electron chi connectivity index (χ1n) is 7.42. The molecule has 0 aliphatic rings. The number of rotatable bonds is 6. The van der Waals surface area contributed by atoms with E-state index in [4.69, 9.17) is 4.74 Å². The summed E-state index contributed by atoms with van der Waals surface area (Å²) in [5, 5.41) is 10.0. The zero-order valence-corrected chi connectivity index (χ0v) is 13.3. The molecule has 0 amide bonds. The largest absolute Gasteiger partial charge is 0.489 e. The van der Waals surface area contributed by atoms with E-state index in [9.17, 15) is 9.90 Å². The second-order valence-electron chi connectivity index (χ2n) is 5.65. The molecule has 0 aromatic heterocycles. The van der Waals surface area contributed by atoms with Crippen molar-refractivity contribution < 1.29 is 14.6 Å². The number of hydrogen-bond donors (Lipinski definition) is 1. The van der Waals surface area contributed by atoms with Crippen molar-refractivity contribution >= 4 is 5.78 Å². The summed E-state index contributed by atoms with van der Waals surface area (Å²) in [5.74, 6) is 0.664. The minimum atomic E-state index is -0.777. The molecule has 3 nitrogen and oxygen atoms in total. The Morgan fingerprint density at radius 3 is 2.41 bits per heavy atom. The summed E-state index contributed by atoms with van der Waals surface area (Å²) < 4.78 is 5.85. The van der Waals surface area contributed by atoms with E-state index < -0.39 is 6.10 Å². The van der Waals surface area contributed by atoms with E-state index in [1.165, 1.54) is 23.6 Å². The maximum Gasteiger partial charge on any atom is 0.132 e. The molecule has 0 aliphatic heterocycles. The van der Waals surface area contributed by atoms with Crippen molar-refractivity contribution in [3.8, 4) is 5.75 Å². The Kier molecular flexibility index (Phi) is 5.34. The number of Topliss-reactive ketones (excluding diaryl/α,β-unsaturated/α-hetero) is 1. The average Bonchev–Trinajstić information content (AvgIpc) is 2.46. The number of aryl methyl sites for hydroxylation is 2. The highest BCUT2D eigenvalue weighted by molar-refractivity contribution is 5.76. The maximum absolute atomic E-state index is 11.1.